The van der Waals surface area contributed by atoms with Crippen LogP contribution >= 0.6 is 63.7 Å². The van der Waals surface area contributed by atoms with Gasteiger partial charge < -0.3 is 4.74 Å². The van der Waals surface area contributed by atoms with Crippen molar-refractivity contribution in [2.45, 2.75) is 20.9 Å². The molecule has 4 atom stereocenters. The summed E-state index contributed by atoms with van der Waals surface area (Å²) in [5, 5.41) is 0. The molecule has 2 aliphatic carbocycles. The molecule has 0 aromatic heterocycles. The molecule has 29 heavy (non-hydrogen) atoms. The average Bonchev–Trinajstić information content (AvgIpc) is 2.75. The van der Waals surface area contributed by atoms with E-state index in [1.165, 1.54) is 0 Å². The third-order valence-electron chi connectivity index (χ3n) is 5.15. The summed E-state index contributed by atoms with van der Waals surface area (Å²) in [6.07, 6.45) is 12.2. The second-order valence-electron chi connectivity index (χ2n) is 7.02. The first kappa shape index (κ1) is 21.5. The van der Waals surface area contributed by atoms with Crippen LogP contribution in [0.15, 0.2) is 106 Å². The fourth-order valence-corrected chi connectivity index (χ4v) is 5.59. The molecule has 5 heteroatoms. The minimum atomic E-state index is -0.461. The molecule has 0 bridgehead atoms. The smallest absolute Gasteiger partial charge is 0.101 e. The summed E-state index contributed by atoms with van der Waals surface area (Å²) in [6, 6.07) is 20.7. The molecule has 2 aliphatic rings. The minimum Gasteiger partial charge on any atom is -0.362 e. The van der Waals surface area contributed by atoms with Gasteiger partial charge >= 0.3 is 0 Å². The maximum atomic E-state index is 6.80. The van der Waals surface area contributed by atoms with E-state index in [1.807, 2.05) is 12.1 Å². The van der Waals surface area contributed by atoms with E-state index in [9.17, 15) is 0 Å². The van der Waals surface area contributed by atoms with Gasteiger partial charge in [-0.25, -0.2) is 0 Å². The summed E-state index contributed by atoms with van der Waals surface area (Å²) in [7, 11) is 0. The molecule has 0 radical (unpaired) electrons. The molecule has 2 aromatic carbocycles. The predicted molar refractivity (Wildman–Crippen MR) is 135 cm³/mol. The van der Waals surface area contributed by atoms with E-state index in [4.69, 9.17) is 4.74 Å². The fourth-order valence-electron chi connectivity index (χ4n) is 3.58. The van der Waals surface area contributed by atoms with Gasteiger partial charge in [0, 0.05) is 8.96 Å². The number of alkyl halides is 2. The summed E-state index contributed by atoms with van der Waals surface area (Å²) in [6.45, 7) is 0. The van der Waals surface area contributed by atoms with E-state index >= 15 is 0 Å². The number of rotatable bonds is 4. The van der Waals surface area contributed by atoms with Crippen molar-refractivity contribution >= 4 is 63.7 Å². The highest BCUT2D eigenvalue weighted by molar-refractivity contribution is 9.12. The van der Waals surface area contributed by atoms with E-state index in [1.54, 1.807) is 0 Å². The summed E-state index contributed by atoms with van der Waals surface area (Å²) >= 11 is 15.2. The molecule has 1 nitrogen and oxygen atoms in total. The van der Waals surface area contributed by atoms with Crippen LogP contribution in [-0.4, -0.2) is 12.2 Å². The first-order chi connectivity index (χ1) is 13.9. The number of hydrogen-bond acceptors (Lipinski definition) is 1. The Labute approximate surface area is 205 Å². The summed E-state index contributed by atoms with van der Waals surface area (Å²) in [4.78, 5) is 0. The average molecular weight is 642 g/mol. The molecule has 0 heterocycles. The molecule has 4 unspecified atom stereocenters. The molecular weight excluding hydrogens is 624 g/mol. The fraction of sp³-hybridized carbons (Fsp3) is 0.167. The quantitative estimate of drug-likeness (QED) is 0.307. The largest absolute Gasteiger partial charge is 0.362 e. The van der Waals surface area contributed by atoms with Gasteiger partial charge in [-0.2, -0.15) is 0 Å². The Hall–Kier alpha value is -0.720. The molecular formula is C24H18Br4O. The van der Waals surface area contributed by atoms with Gasteiger partial charge in [-0.15, -0.1) is 0 Å². The lowest BCUT2D eigenvalue weighted by atomic mass is 9.87. The van der Waals surface area contributed by atoms with Gasteiger partial charge in [0.1, 0.15) is 12.2 Å². The van der Waals surface area contributed by atoms with Gasteiger partial charge in [0.2, 0.25) is 0 Å². The molecule has 0 fully saturated rings. The van der Waals surface area contributed by atoms with Gasteiger partial charge in [-0.3, -0.25) is 0 Å². The molecule has 2 aromatic rings. The van der Waals surface area contributed by atoms with Crippen LogP contribution in [0.25, 0.3) is 0 Å². The lowest BCUT2D eigenvalue weighted by molar-refractivity contribution is 0.0141. The van der Waals surface area contributed by atoms with E-state index in [0.717, 1.165) is 20.1 Å². The first-order valence-electron chi connectivity index (χ1n) is 9.19. The Kier molecular flexibility index (Phi) is 6.52. The topological polar surface area (TPSA) is 9.23 Å². The molecule has 0 N–H and O–H groups in total. The van der Waals surface area contributed by atoms with Crippen LogP contribution in [0.5, 0.6) is 0 Å². The molecule has 4 rings (SSSR count). The van der Waals surface area contributed by atoms with Gasteiger partial charge in [0.25, 0.3) is 0 Å². The van der Waals surface area contributed by atoms with Gasteiger partial charge in [-0.05, 0) is 23.3 Å². The highest BCUT2D eigenvalue weighted by Gasteiger charge is 2.44. The Bertz CT molecular complexity index is 915. The van der Waals surface area contributed by atoms with Crippen molar-refractivity contribution in [2.75, 3.05) is 0 Å². The molecule has 148 valence electrons. The summed E-state index contributed by atoms with van der Waals surface area (Å²) in [5.74, 6) is 0. The van der Waals surface area contributed by atoms with Crippen molar-refractivity contribution in [1.29, 1.82) is 0 Å². The molecule has 0 aliphatic heterocycles. The number of ether oxygens (including phenoxy) is 1. The Balaban J connectivity index is 1.73. The monoisotopic (exact) mass is 638 g/mol. The van der Waals surface area contributed by atoms with Gasteiger partial charge in [0.15, 0.2) is 0 Å². The lowest BCUT2D eigenvalue weighted by Gasteiger charge is -2.41. The van der Waals surface area contributed by atoms with E-state index in [2.05, 4.69) is 149 Å². The zero-order chi connectivity index (χ0) is 20.5. The van der Waals surface area contributed by atoms with E-state index in [-0.39, 0.29) is 12.2 Å². The summed E-state index contributed by atoms with van der Waals surface area (Å²) < 4.78 is 7.89. The van der Waals surface area contributed by atoms with Crippen LogP contribution in [0.3, 0.4) is 0 Å². The standard InChI is InChI=1S/C24H18Br4O/c25-19-11-13-23(27,17-7-3-1-4-8-17)21(15-19)29-22-16-20(26)12-14-24(22,28)18-9-5-2-6-10-18/h1-16,21-22H. The second-order valence-corrected chi connectivity index (χ2v) is 11.5. The second kappa shape index (κ2) is 8.80. The normalized spacial score (nSPS) is 31.3. The van der Waals surface area contributed by atoms with E-state index < -0.39 is 8.65 Å². The van der Waals surface area contributed by atoms with Crippen molar-refractivity contribution in [2.24, 2.45) is 0 Å². The molecule has 0 amide bonds. The number of halogens is 4. The van der Waals surface area contributed by atoms with Crippen molar-refractivity contribution in [1.82, 2.24) is 0 Å². The maximum absolute atomic E-state index is 6.80. The van der Waals surface area contributed by atoms with Crippen LogP contribution in [0.4, 0.5) is 0 Å². The third-order valence-corrected chi connectivity index (χ3v) is 8.55. The van der Waals surface area contributed by atoms with E-state index in [0.29, 0.717) is 0 Å². The predicted octanol–water partition coefficient (Wildman–Crippen LogP) is 8.02. The third kappa shape index (κ3) is 4.35. The van der Waals surface area contributed by atoms with Crippen LogP contribution < -0.4 is 0 Å². The van der Waals surface area contributed by atoms with Gasteiger partial charge in [0.05, 0.1) is 8.65 Å². The van der Waals surface area contributed by atoms with Crippen LogP contribution in [0.2, 0.25) is 0 Å². The molecule has 0 spiro atoms. The van der Waals surface area contributed by atoms with Crippen molar-refractivity contribution < 1.29 is 4.74 Å². The lowest BCUT2D eigenvalue weighted by Crippen LogP contribution is -2.43. The highest BCUT2D eigenvalue weighted by atomic mass is 79.9. The number of benzene rings is 2. The first-order valence-corrected chi connectivity index (χ1v) is 12.4. The molecule has 0 saturated heterocycles. The van der Waals surface area contributed by atoms with Crippen molar-refractivity contribution in [3.63, 3.8) is 0 Å². The zero-order valence-electron chi connectivity index (χ0n) is 15.3. The zero-order valence-corrected chi connectivity index (χ0v) is 21.7. The SMILES string of the molecule is BrC1=CC(OC2C=C(Br)C=CC2(Br)c2ccccc2)C(Br)(c2ccccc2)C=C1. The van der Waals surface area contributed by atoms with Crippen molar-refractivity contribution in [3.8, 4) is 0 Å². The minimum absolute atomic E-state index is 0.224. The van der Waals surface area contributed by atoms with Gasteiger partial charge in [-0.1, -0.05) is 149 Å². The highest BCUT2D eigenvalue weighted by Crippen LogP contribution is 2.48. The number of hydrogen-bond donors (Lipinski definition) is 0. The molecule has 0 saturated carbocycles. The van der Waals surface area contributed by atoms with Crippen LogP contribution in [0, 0.1) is 0 Å². The Morgan fingerprint density at radius 3 is 1.38 bits per heavy atom. The Morgan fingerprint density at radius 2 is 1.00 bits per heavy atom. The number of allylic oxidation sites excluding steroid dienone is 4. The summed E-state index contributed by atoms with van der Waals surface area (Å²) in [5.41, 5.74) is 2.29. The van der Waals surface area contributed by atoms with Crippen LogP contribution in [-0.2, 0) is 13.4 Å². The Morgan fingerprint density at radius 1 is 0.621 bits per heavy atom. The van der Waals surface area contributed by atoms with Crippen LogP contribution in [0.1, 0.15) is 11.1 Å². The van der Waals surface area contributed by atoms with Crippen molar-refractivity contribution in [3.05, 3.63) is 117 Å². The maximum Gasteiger partial charge on any atom is 0.101 e.